The molecule has 4 heterocycles. The highest BCUT2D eigenvalue weighted by molar-refractivity contribution is 5.72. The summed E-state index contributed by atoms with van der Waals surface area (Å²) in [5.41, 5.74) is 3.35. The van der Waals surface area contributed by atoms with E-state index in [9.17, 15) is 4.79 Å². The first-order chi connectivity index (χ1) is 14.4. The van der Waals surface area contributed by atoms with Gasteiger partial charge in [0.25, 0.3) is 0 Å². The van der Waals surface area contributed by atoms with Gasteiger partial charge in [-0.3, -0.25) is 0 Å². The molecule has 156 valence electrons. The lowest BCUT2D eigenvalue weighted by molar-refractivity contribution is 0.0270. The average molecular weight is 406 g/mol. The Bertz CT molecular complexity index is 1050. The van der Waals surface area contributed by atoms with Crippen molar-refractivity contribution >= 4 is 17.2 Å². The number of nitrogens with zero attached hydrogens (tertiary/aromatic N) is 4. The molecule has 1 aliphatic heterocycles. The number of aromatic nitrogens is 3. The summed E-state index contributed by atoms with van der Waals surface area (Å²) in [6.07, 6.45) is 4.38. The van der Waals surface area contributed by atoms with E-state index < -0.39 is 5.60 Å². The van der Waals surface area contributed by atoms with Crippen LogP contribution in [0.1, 0.15) is 38.6 Å². The van der Waals surface area contributed by atoms with Crippen LogP contribution in [0, 0.1) is 0 Å². The Morgan fingerprint density at radius 3 is 2.77 bits per heavy atom. The summed E-state index contributed by atoms with van der Waals surface area (Å²) in [4.78, 5) is 18.6. The molecule has 4 rings (SSSR count). The number of ether oxygens (including phenoxy) is 2. The zero-order chi connectivity index (χ0) is 21.1. The number of amides is 1. The molecular weight excluding hydrogens is 380 g/mol. The Balaban J connectivity index is 1.39. The second kappa shape index (κ2) is 8.18. The van der Waals surface area contributed by atoms with Gasteiger partial charge in [0.15, 0.2) is 0 Å². The van der Waals surface area contributed by atoms with E-state index in [4.69, 9.17) is 9.47 Å². The molecule has 30 heavy (non-hydrogen) atoms. The Labute approximate surface area is 175 Å². The van der Waals surface area contributed by atoms with Crippen molar-refractivity contribution in [1.82, 2.24) is 19.5 Å². The highest BCUT2D eigenvalue weighted by Crippen LogP contribution is 2.24. The molecule has 3 aromatic heterocycles. The molecule has 0 spiro atoms. The van der Waals surface area contributed by atoms with Crippen molar-refractivity contribution in [3.63, 3.8) is 0 Å². The quantitative estimate of drug-likeness (QED) is 0.645. The predicted molar refractivity (Wildman–Crippen MR) is 114 cm³/mol. The highest BCUT2D eigenvalue weighted by Gasteiger charge is 2.24. The summed E-state index contributed by atoms with van der Waals surface area (Å²) < 4.78 is 13.1. The molecule has 0 aromatic carbocycles. The van der Waals surface area contributed by atoms with Crippen LogP contribution < -0.4 is 4.74 Å². The molecule has 0 saturated carbocycles. The minimum atomic E-state index is -0.491. The second-order valence-electron chi connectivity index (χ2n) is 8.26. The van der Waals surface area contributed by atoms with Crippen LogP contribution in [-0.2, 0) is 11.3 Å². The SMILES string of the molecule is CC(C)(C)OC(=O)N1CC=C(c2cccc(OCc3cc4ccccn4n3)n2)CC1. The molecule has 0 radical (unpaired) electrons. The third-order valence-electron chi connectivity index (χ3n) is 4.70. The summed E-state index contributed by atoms with van der Waals surface area (Å²) >= 11 is 0. The zero-order valence-corrected chi connectivity index (χ0v) is 17.5. The van der Waals surface area contributed by atoms with E-state index >= 15 is 0 Å². The highest BCUT2D eigenvalue weighted by atomic mass is 16.6. The topological polar surface area (TPSA) is 69.0 Å². The lowest BCUT2D eigenvalue weighted by Crippen LogP contribution is -2.39. The van der Waals surface area contributed by atoms with Crippen molar-refractivity contribution < 1.29 is 14.3 Å². The normalized spacial score (nSPS) is 14.5. The van der Waals surface area contributed by atoms with Gasteiger partial charge in [-0.15, -0.1) is 0 Å². The molecule has 7 nitrogen and oxygen atoms in total. The Morgan fingerprint density at radius 2 is 2.03 bits per heavy atom. The van der Waals surface area contributed by atoms with Crippen molar-refractivity contribution in [2.45, 2.75) is 39.4 Å². The van der Waals surface area contributed by atoms with E-state index in [1.54, 1.807) is 4.90 Å². The number of hydrogen-bond acceptors (Lipinski definition) is 5. The molecule has 0 fully saturated rings. The molecule has 0 atom stereocenters. The van der Waals surface area contributed by atoms with Gasteiger partial charge in [-0.1, -0.05) is 18.2 Å². The summed E-state index contributed by atoms with van der Waals surface area (Å²) in [5, 5.41) is 4.49. The van der Waals surface area contributed by atoms with Gasteiger partial charge in [0.1, 0.15) is 17.9 Å². The predicted octanol–water partition coefficient (Wildman–Crippen LogP) is 4.33. The summed E-state index contributed by atoms with van der Waals surface area (Å²) in [7, 11) is 0. The van der Waals surface area contributed by atoms with Crippen LogP contribution in [0.15, 0.2) is 54.7 Å². The van der Waals surface area contributed by atoms with Crippen molar-refractivity contribution in [3.8, 4) is 5.88 Å². The van der Waals surface area contributed by atoms with E-state index in [0.717, 1.165) is 28.9 Å². The van der Waals surface area contributed by atoms with Gasteiger partial charge in [0.05, 0.1) is 11.2 Å². The number of rotatable bonds is 4. The monoisotopic (exact) mass is 406 g/mol. The largest absolute Gasteiger partial charge is 0.471 e. The Kier molecular flexibility index (Phi) is 5.44. The van der Waals surface area contributed by atoms with Gasteiger partial charge in [-0.25, -0.2) is 14.3 Å². The summed E-state index contributed by atoms with van der Waals surface area (Å²) in [6, 6.07) is 13.7. The number of carbonyl (C=O) groups excluding carboxylic acids is 1. The summed E-state index contributed by atoms with van der Waals surface area (Å²) in [5.74, 6) is 0.556. The zero-order valence-electron chi connectivity index (χ0n) is 17.5. The minimum absolute atomic E-state index is 0.282. The maximum absolute atomic E-state index is 12.2. The lowest BCUT2D eigenvalue weighted by Gasteiger charge is -2.29. The van der Waals surface area contributed by atoms with Crippen LogP contribution in [0.5, 0.6) is 5.88 Å². The standard InChI is InChI=1S/C23H26N4O3/c1-23(2,3)30-22(28)26-13-10-17(11-14-26)20-8-6-9-21(24-20)29-16-18-15-19-7-4-5-12-27(19)25-18/h4-10,12,15H,11,13-14,16H2,1-3H3. The maximum atomic E-state index is 12.2. The first kappa shape index (κ1) is 19.9. The van der Waals surface area contributed by atoms with Crippen LogP contribution in [-0.4, -0.2) is 44.3 Å². The molecule has 0 aliphatic carbocycles. The Hall–Kier alpha value is -3.35. The van der Waals surface area contributed by atoms with Gasteiger partial charge in [0, 0.05) is 25.4 Å². The fourth-order valence-electron chi connectivity index (χ4n) is 3.28. The van der Waals surface area contributed by atoms with Gasteiger partial charge < -0.3 is 14.4 Å². The third kappa shape index (κ3) is 4.79. The first-order valence-electron chi connectivity index (χ1n) is 10.1. The van der Waals surface area contributed by atoms with Crippen molar-refractivity contribution in [2.24, 2.45) is 0 Å². The van der Waals surface area contributed by atoms with Crippen molar-refractivity contribution in [1.29, 1.82) is 0 Å². The smallest absolute Gasteiger partial charge is 0.410 e. The van der Waals surface area contributed by atoms with Gasteiger partial charge in [0.2, 0.25) is 5.88 Å². The van der Waals surface area contributed by atoms with Crippen LogP contribution >= 0.6 is 0 Å². The average Bonchev–Trinajstić information content (AvgIpc) is 3.14. The number of hydrogen-bond donors (Lipinski definition) is 0. The lowest BCUT2D eigenvalue weighted by atomic mass is 10.0. The molecule has 0 N–H and O–H groups in total. The van der Waals surface area contributed by atoms with E-state index in [1.165, 1.54) is 0 Å². The number of pyridine rings is 2. The summed E-state index contributed by atoms with van der Waals surface area (Å²) in [6.45, 7) is 7.09. The van der Waals surface area contributed by atoms with E-state index in [1.807, 2.05) is 80.0 Å². The first-order valence-corrected chi connectivity index (χ1v) is 10.1. The molecule has 1 amide bonds. The van der Waals surface area contributed by atoms with Gasteiger partial charge in [-0.05, 0) is 57.0 Å². The van der Waals surface area contributed by atoms with Crippen molar-refractivity contribution in [3.05, 3.63) is 66.1 Å². The van der Waals surface area contributed by atoms with Crippen LogP contribution in [0.25, 0.3) is 11.1 Å². The number of carbonyl (C=O) groups is 1. The second-order valence-corrected chi connectivity index (χ2v) is 8.26. The number of fused-ring (bicyclic) bond motifs is 1. The maximum Gasteiger partial charge on any atom is 0.410 e. The van der Waals surface area contributed by atoms with E-state index in [0.29, 0.717) is 25.6 Å². The third-order valence-corrected chi connectivity index (χ3v) is 4.70. The van der Waals surface area contributed by atoms with Gasteiger partial charge in [-0.2, -0.15) is 5.10 Å². The molecule has 7 heteroatoms. The fourth-order valence-corrected chi connectivity index (χ4v) is 3.28. The minimum Gasteiger partial charge on any atom is -0.471 e. The van der Waals surface area contributed by atoms with Crippen LogP contribution in [0.4, 0.5) is 4.79 Å². The molecule has 0 unspecified atom stereocenters. The molecule has 0 saturated heterocycles. The van der Waals surface area contributed by atoms with Gasteiger partial charge >= 0.3 is 6.09 Å². The molecule has 0 bridgehead atoms. The van der Waals surface area contributed by atoms with E-state index in [-0.39, 0.29) is 6.09 Å². The van der Waals surface area contributed by atoms with Crippen molar-refractivity contribution in [2.75, 3.05) is 13.1 Å². The molecule has 3 aromatic rings. The Morgan fingerprint density at radius 1 is 1.17 bits per heavy atom. The van der Waals surface area contributed by atoms with Crippen LogP contribution in [0.3, 0.4) is 0 Å². The molecular formula is C23H26N4O3. The van der Waals surface area contributed by atoms with E-state index in [2.05, 4.69) is 10.1 Å². The molecule has 1 aliphatic rings. The fraction of sp³-hybridized carbons (Fsp3) is 0.348. The van der Waals surface area contributed by atoms with Crippen LogP contribution in [0.2, 0.25) is 0 Å².